The van der Waals surface area contributed by atoms with Gasteiger partial charge in [-0.2, -0.15) is 5.10 Å². The minimum atomic E-state index is -0.374. The van der Waals surface area contributed by atoms with Crippen LogP contribution in [0.2, 0.25) is 0 Å². The lowest BCUT2D eigenvalue weighted by molar-refractivity contribution is -0.118. The predicted octanol–water partition coefficient (Wildman–Crippen LogP) is 3.23. The first-order chi connectivity index (χ1) is 10.3. The number of rotatable bonds is 3. The van der Waals surface area contributed by atoms with E-state index < -0.39 is 0 Å². The second-order valence-corrected chi connectivity index (χ2v) is 5.52. The summed E-state index contributed by atoms with van der Waals surface area (Å²) in [5.41, 5.74) is 1.64. The van der Waals surface area contributed by atoms with Crippen LogP contribution in [0, 0.1) is 0 Å². The summed E-state index contributed by atoms with van der Waals surface area (Å²) in [5.74, 6) is 0.642. The van der Waals surface area contributed by atoms with E-state index in [0.29, 0.717) is 5.82 Å². The second kappa shape index (κ2) is 4.45. The van der Waals surface area contributed by atoms with Crippen molar-refractivity contribution in [1.82, 2.24) is 10.2 Å². The molecule has 0 atom stereocenters. The number of nitrogens with one attached hydrogen (secondary N) is 2. The van der Waals surface area contributed by atoms with Gasteiger partial charge in [0.1, 0.15) is 0 Å². The summed E-state index contributed by atoms with van der Waals surface area (Å²) in [6.07, 6.45) is 1.79. The minimum absolute atomic E-state index is 0.0333. The Bertz CT molecular complexity index is 803. The molecule has 0 saturated heterocycles. The average molecular weight is 277 g/mol. The normalized spacial score (nSPS) is 15.8. The first kappa shape index (κ1) is 12.1. The highest BCUT2D eigenvalue weighted by molar-refractivity contribution is 6.05. The number of carbonyl (C=O) groups is 1. The Labute approximate surface area is 122 Å². The Morgan fingerprint density at radius 1 is 1.05 bits per heavy atom. The number of H-pyrrole nitrogens is 1. The third kappa shape index (κ3) is 1.91. The summed E-state index contributed by atoms with van der Waals surface area (Å²) < 4.78 is 0. The second-order valence-electron chi connectivity index (χ2n) is 5.52. The van der Waals surface area contributed by atoms with Crippen molar-refractivity contribution in [2.24, 2.45) is 0 Å². The molecule has 1 amide bonds. The summed E-state index contributed by atoms with van der Waals surface area (Å²) in [7, 11) is 0. The average Bonchev–Trinajstić information content (AvgIpc) is 3.26. The van der Waals surface area contributed by atoms with Gasteiger partial charge in [0, 0.05) is 5.39 Å². The largest absolute Gasteiger partial charge is 0.308 e. The molecule has 0 radical (unpaired) electrons. The fourth-order valence-electron chi connectivity index (χ4n) is 2.81. The molecule has 21 heavy (non-hydrogen) atoms. The maximum absolute atomic E-state index is 12.7. The molecular weight excluding hydrogens is 262 g/mol. The molecular formula is C17H15N3O. The van der Waals surface area contributed by atoms with Crippen molar-refractivity contribution in [3.63, 3.8) is 0 Å². The lowest BCUT2D eigenvalue weighted by Crippen LogP contribution is -2.28. The predicted molar refractivity (Wildman–Crippen MR) is 82.1 cm³/mol. The highest BCUT2D eigenvalue weighted by atomic mass is 16.2. The van der Waals surface area contributed by atoms with Crippen LogP contribution in [-0.4, -0.2) is 16.1 Å². The number of hydrogen-bond donors (Lipinski definition) is 2. The smallest absolute Gasteiger partial charge is 0.236 e. The van der Waals surface area contributed by atoms with Crippen molar-refractivity contribution in [3.05, 3.63) is 60.2 Å². The molecule has 0 aliphatic heterocycles. The summed E-state index contributed by atoms with van der Waals surface area (Å²) >= 11 is 0. The molecule has 4 heteroatoms. The zero-order chi connectivity index (χ0) is 14.3. The molecule has 1 aliphatic rings. The Morgan fingerprint density at radius 3 is 2.52 bits per heavy atom. The molecule has 2 N–H and O–H groups in total. The molecule has 1 saturated carbocycles. The van der Waals surface area contributed by atoms with Crippen LogP contribution in [0.5, 0.6) is 0 Å². The maximum Gasteiger partial charge on any atom is 0.236 e. The number of carbonyl (C=O) groups excluding carboxylic acids is 1. The van der Waals surface area contributed by atoms with Gasteiger partial charge in [-0.05, 0) is 30.5 Å². The van der Waals surface area contributed by atoms with Crippen LogP contribution in [0.25, 0.3) is 10.9 Å². The summed E-state index contributed by atoms with van der Waals surface area (Å²) in [6.45, 7) is 0. The Morgan fingerprint density at radius 2 is 1.76 bits per heavy atom. The lowest BCUT2D eigenvalue weighted by Gasteiger charge is -2.14. The van der Waals surface area contributed by atoms with E-state index >= 15 is 0 Å². The van der Waals surface area contributed by atoms with Gasteiger partial charge in [0.05, 0.1) is 10.9 Å². The molecule has 4 nitrogen and oxygen atoms in total. The first-order valence-electron chi connectivity index (χ1n) is 7.10. The van der Waals surface area contributed by atoms with Crippen molar-refractivity contribution < 1.29 is 4.79 Å². The van der Waals surface area contributed by atoms with Gasteiger partial charge in [-0.3, -0.25) is 9.89 Å². The summed E-state index contributed by atoms with van der Waals surface area (Å²) in [5, 5.41) is 11.1. The summed E-state index contributed by atoms with van der Waals surface area (Å²) in [4.78, 5) is 12.7. The van der Waals surface area contributed by atoms with Crippen molar-refractivity contribution >= 4 is 22.6 Å². The Balaban J connectivity index is 1.65. The third-order valence-electron chi connectivity index (χ3n) is 4.21. The van der Waals surface area contributed by atoms with Gasteiger partial charge in [-0.1, -0.05) is 42.5 Å². The molecule has 1 aliphatic carbocycles. The minimum Gasteiger partial charge on any atom is -0.308 e. The number of para-hydroxylation sites is 1. The number of amides is 1. The third-order valence-corrected chi connectivity index (χ3v) is 4.21. The first-order valence-corrected chi connectivity index (χ1v) is 7.10. The topological polar surface area (TPSA) is 57.8 Å². The van der Waals surface area contributed by atoms with Crippen molar-refractivity contribution in [3.8, 4) is 0 Å². The number of aromatic nitrogens is 2. The van der Waals surface area contributed by atoms with E-state index in [1.807, 2.05) is 54.6 Å². The fourth-order valence-corrected chi connectivity index (χ4v) is 2.81. The van der Waals surface area contributed by atoms with Gasteiger partial charge in [-0.25, -0.2) is 0 Å². The Hall–Kier alpha value is -2.62. The van der Waals surface area contributed by atoms with Gasteiger partial charge < -0.3 is 5.32 Å². The van der Waals surface area contributed by atoms with Crippen LogP contribution in [0.15, 0.2) is 54.6 Å². The molecule has 1 heterocycles. The van der Waals surface area contributed by atoms with Crippen LogP contribution in [0.3, 0.4) is 0 Å². The number of aromatic amines is 1. The Kier molecular flexibility index (Phi) is 2.57. The van der Waals surface area contributed by atoms with E-state index in [1.54, 1.807) is 0 Å². The van der Waals surface area contributed by atoms with Crippen LogP contribution >= 0.6 is 0 Å². The van der Waals surface area contributed by atoms with Crippen LogP contribution in [-0.2, 0) is 10.2 Å². The van der Waals surface area contributed by atoms with E-state index in [9.17, 15) is 4.79 Å². The molecule has 0 unspecified atom stereocenters. The SMILES string of the molecule is O=C(Nc1n[nH]c2ccccc12)C1(c2ccccc2)CC1. The standard InChI is InChI=1S/C17H15N3O/c21-16(17(10-11-17)12-6-2-1-3-7-12)18-15-13-8-4-5-9-14(13)19-20-15/h1-9H,10-11H2,(H2,18,19,20,21). The van der Waals surface area contributed by atoms with E-state index in [-0.39, 0.29) is 11.3 Å². The number of anilines is 1. The van der Waals surface area contributed by atoms with Crippen molar-refractivity contribution in [2.75, 3.05) is 5.32 Å². The molecule has 2 aromatic carbocycles. The molecule has 4 rings (SSSR count). The zero-order valence-corrected chi connectivity index (χ0v) is 11.5. The number of nitrogens with zero attached hydrogens (tertiary/aromatic N) is 1. The molecule has 0 bridgehead atoms. The van der Waals surface area contributed by atoms with E-state index in [1.165, 1.54) is 0 Å². The fraction of sp³-hybridized carbons (Fsp3) is 0.176. The quantitative estimate of drug-likeness (QED) is 0.772. The van der Waals surface area contributed by atoms with Gasteiger partial charge in [0.25, 0.3) is 0 Å². The van der Waals surface area contributed by atoms with Crippen LogP contribution < -0.4 is 5.32 Å². The molecule has 0 spiro atoms. The van der Waals surface area contributed by atoms with Gasteiger partial charge in [-0.15, -0.1) is 0 Å². The molecule has 104 valence electrons. The van der Waals surface area contributed by atoms with E-state index in [4.69, 9.17) is 0 Å². The number of fused-ring (bicyclic) bond motifs is 1. The maximum atomic E-state index is 12.7. The van der Waals surface area contributed by atoms with Crippen molar-refractivity contribution in [1.29, 1.82) is 0 Å². The van der Waals surface area contributed by atoms with Gasteiger partial charge in [0.15, 0.2) is 5.82 Å². The van der Waals surface area contributed by atoms with E-state index in [2.05, 4.69) is 15.5 Å². The zero-order valence-electron chi connectivity index (χ0n) is 11.5. The van der Waals surface area contributed by atoms with Crippen molar-refractivity contribution in [2.45, 2.75) is 18.3 Å². The van der Waals surface area contributed by atoms with E-state index in [0.717, 1.165) is 29.3 Å². The number of hydrogen-bond acceptors (Lipinski definition) is 2. The molecule has 3 aromatic rings. The monoisotopic (exact) mass is 277 g/mol. The van der Waals surface area contributed by atoms with Gasteiger partial charge >= 0.3 is 0 Å². The van der Waals surface area contributed by atoms with Gasteiger partial charge in [0.2, 0.25) is 5.91 Å². The number of benzene rings is 2. The van der Waals surface area contributed by atoms with Crippen LogP contribution in [0.1, 0.15) is 18.4 Å². The highest BCUT2D eigenvalue weighted by Crippen LogP contribution is 2.49. The lowest BCUT2D eigenvalue weighted by atomic mass is 9.95. The van der Waals surface area contributed by atoms with Crippen LogP contribution in [0.4, 0.5) is 5.82 Å². The summed E-state index contributed by atoms with van der Waals surface area (Å²) in [6, 6.07) is 17.8. The molecule has 1 aromatic heterocycles. The highest BCUT2D eigenvalue weighted by Gasteiger charge is 2.51. The molecule has 1 fully saturated rings.